The van der Waals surface area contributed by atoms with Gasteiger partial charge in [-0.3, -0.25) is 0 Å². The first-order chi connectivity index (χ1) is 8.15. The molecule has 1 unspecified atom stereocenters. The first-order valence-electron chi connectivity index (χ1n) is 5.06. The fourth-order valence-corrected chi connectivity index (χ4v) is 5.80. The molecule has 88 valence electrons. The minimum atomic E-state index is -0.507. The lowest BCUT2D eigenvalue weighted by Gasteiger charge is -2.06. The monoisotopic (exact) mass is 344 g/mol. The van der Waals surface area contributed by atoms with Crippen LogP contribution in [0.4, 0.5) is 0 Å². The van der Waals surface area contributed by atoms with Crippen molar-refractivity contribution in [2.75, 3.05) is 0 Å². The third-order valence-corrected chi connectivity index (χ3v) is 6.68. The van der Waals surface area contributed by atoms with Gasteiger partial charge in [0.1, 0.15) is 6.10 Å². The molecule has 3 aromatic rings. The highest BCUT2D eigenvalue weighted by Gasteiger charge is 2.19. The second kappa shape index (κ2) is 4.48. The van der Waals surface area contributed by atoms with Crippen LogP contribution in [0, 0.1) is 6.92 Å². The molecule has 0 aliphatic carbocycles. The number of aliphatic hydroxyl groups is 1. The minimum Gasteiger partial charge on any atom is -0.382 e. The lowest BCUT2D eigenvalue weighted by Crippen LogP contribution is -1.93. The number of hydrogen-bond acceptors (Lipinski definition) is 4. The van der Waals surface area contributed by atoms with Gasteiger partial charge in [-0.2, -0.15) is 0 Å². The summed E-state index contributed by atoms with van der Waals surface area (Å²) in [6, 6.07) is 6.26. The van der Waals surface area contributed by atoms with Gasteiger partial charge in [0.25, 0.3) is 0 Å². The molecule has 0 saturated heterocycles. The van der Waals surface area contributed by atoms with Crippen LogP contribution in [0.5, 0.6) is 0 Å². The maximum absolute atomic E-state index is 10.4. The third kappa shape index (κ3) is 2.11. The number of thiophene rings is 3. The van der Waals surface area contributed by atoms with Gasteiger partial charge in [-0.1, -0.05) is 0 Å². The standard InChI is InChI=1S/C12H9BrOS3/c1-6-4-7(13)12(16-6)11(14)10-5-9-8(17-10)2-3-15-9/h2-5,11,14H,1H3. The van der Waals surface area contributed by atoms with Crippen molar-refractivity contribution >= 4 is 59.3 Å². The van der Waals surface area contributed by atoms with Gasteiger partial charge in [-0.25, -0.2) is 0 Å². The van der Waals surface area contributed by atoms with Crippen molar-refractivity contribution in [2.45, 2.75) is 13.0 Å². The van der Waals surface area contributed by atoms with Crippen LogP contribution in [0.1, 0.15) is 20.7 Å². The Hall–Kier alpha value is -0.200. The van der Waals surface area contributed by atoms with Crippen LogP contribution >= 0.6 is 49.9 Å². The number of aryl methyl sites for hydroxylation is 1. The summed E-state index contributed by atoms with van der Waals surface area (Å²) in [5.74, 6) is 0. The molecule has 0 aliphatic heterocycles. The number of rotatable bonds is 2. The smallest absolute Gasteiger partial charge is 0.123 e. The van der Waals surface area contributed by atoms with Crippen LogP contribution in [-0.2, 0) is 0 Å². The number of fused-ring (bicyclic) bond motifs is 1. The Morgan fingerprint density at radius 1 is 1.24 bits per heavy atom. The van der Waals surface area contributed by atoms with E-state index in [2.05, 4.69) is 46.4 Å². The lowest BCUT2D eigenvalue weighted by atomic mass is 10.2. The lowest BCUT2D eigenvalue weighted by molar-refractivity contribution is 0.227. The van der Waals surface area contributed by atoms with Crippen LogP contribution in [0.2, 0.25) is 0 Å². The quantitative estimate of drug-likeness (QED) is 0.679. The maximum Gasteiger partial charge on any atom is 0.123 e. The number of halogens is 1. The molecule has 3 aromatic heterocycles. The molecule has 0 bridgehead atoms. The van der Waals surface area contributed by atoms with Gasteiger partial charge < -0.3 is 5.11 Å². The van der Waals surface area contributed by atoms with Crippen LogP contribution < -0.4 is 0 Å². The minimum absolute atomic E-state index is 0.507. The van der Waals surface area contributed by atoms with Gasteiger partial charge in [0.2, 0.25) is 0 Å². The molecule has 5 heteroatoms. The Balaban J connectivity index is 2.04. The zero-order valence-electron chi connectivity index (χ0n) is 8.94. The van der Waals surface area contributed by atoms with E-state index in [1.807, 2.05) is 0 Å². The second-order valence-corrected chi connectivity index (χ2v) is 7.97. The number of hydrogen-bond donors (Lipinski definition) is 1. The largest absolute Gasteiger partial charge is 0.382 e. The molecule has 0 fully saturated rings. The topological polar surface area (TPSA) is 20.2 Å². The Morgan fingerprint density at radius 2 is 2.06 bits per heavy atom. The Bertz CT molecular complexity index is 636. The van der Waals surface area contributed by atoms with Crippen LogP contribution in [0.25, 0.3) is 9.40 Å². The van der Waals surface area contributed by atoms with Crippen molar-refractivity contribution in [1.82, 2.24) is 0 Å². The van der Waals surface area contributed by atoms with Gasteiger partial charge in [-0.15, -0.1) is 34.0 Å². The number of aliphatic hydroxyl groups excluding tert-OH is 1. The highest BCUT2D eigenvalue weighted by Crippen LogP contribution is 2.40. The second-order valence-electron chi connectivity index (χ2n) is 3.77. The van der Waals surface area contributed by atoms with E-state index in [-0.39, 0.29) is 0 Å². The van der Waals surface area contributed by atoms with Gasteiger partial charge >= 0.3 is 0 Å². The molecule has 1 atom stereocenters. The van der Waals surface area contributed by atoms with E-state index in [0.29, 0.717) is 0 Å². The molecule has 1 N–H and O–H groups in total. The summed E-state index contributed by atoms with van der Waals surface area (Å²) >= 11 is 8.54. The highest BCUT2D eigenvalue weighted by molar-refractivity contribution is 9.10. The normalized spacial score (nSPS) is 13.4. The Kier molecular flexibility index (Phi) is 3.13. The van der Waals surface area contributed by atoms with Crippen LogP contribution in [-0.4, -0.2) is 5.11 Å². The van der Waals surface area contributed by atoms with E-state index in [0.717, 1.165) is 14.2 Å². The van der Waals surface area contributed by atoms with Crippen LogP contribution in [0.3, 0.4) is 0 Å². The summed E-state index contributed by atoms with van der Waals surface area (Å²) in [6.07, 6.45) is -0.507. The molecule has 3 rings (SSSR count). The first-order valence-corrected chi connectivity index (χ1v) is 8.36. The molecule has 0 amide bonds. The van der Waals surface area contributed by atoms with Gasteiger partial charge in [-0.05, 0) is 46.4 Å². The van der Waals surface area contributed by atoms with Crippen molar-refractivity contribution in [3.63, 3.8) is 0 Å². The van der Waals surface area contributed by atoms with Gasteiger partial charge in [0.05, 0.1) is 4.88 Å². The fraction of sp³-hybridized carbons (Fsp3) is 0.167. The average molecular weight is 345 g/mol. The zero-order valence-corrected chi connectivity index (χ0v) is 13.0. The van der Waals surface area contributed by atoms with Crippen molar-refractivity contribution in [2.24, 2.45) is 0 Å². The zero-order chi connectivity index (χ0) is 12.0. The van der Waals surface area contributed by atoms with Gasteiger partial charge in [0.15, 0.2) is 0 Å². The van der Waals surface area contributed by atoms with Crippen LogP contribution in [0.15, 0.2) is 28.1 Å². The molecule has 0 aromatic carbocycles. The SMILES string of the molecule is Cc1cc(Br)c(C(O)c2cc3sccc3s2)s1. The maximum atomic E-state index is 10.4. The van der Waals surface area contributed by atoms with E-state index >= 15 is 0 Å². The molecule has 3 heterocycles. The summed E-state index contributed by atoms with van der Waals surface area (Å²) in [4.78, 5) is 3.23. The molecule has 0 saturated carbocycles. The van der Waals surface area contributed by atoms with Crippen molar-refractivity contribution in [3.8, 4) is 0 Å². The average Bonchev–Trinajstić information content (AvgIpc) is 2.90. The van der Waals surface area contributed by atoms with E-state index in [9.17, 15) is 5.11 Å². The Labute approximate surface area is 119 Å². The van der Waals surface area contributed by atoms with Crippen molar-refractivity contribution < 1.29 is 5.11 Å². The fourth-order valence-electron chi connectivity index (χ4n) is 1.74. The summed E-state index contributed by atoms with van der Waals surface area (Å²) in [6.45, 7) is 2.05. The first kappa shape index (κ1) is 11.9. The molecule has 0 spiro atoms. The summed E-state index contributed by atoms with van der Waals surface area (Å²) in [5.41, 5.74) is 0. The summed E-state index contributed by atoms with van der Waals surface area (Å²) in [7, 11) is 0. The summed E-state index contributed by atoms with van der Waals surface area (Å²) in [5, 5.41) is 12.5. The van der Waals surface area contributed by atoms with E-state index < -0.39 is 6.10 Å². The molecular weight excluding hydrogens is 336 g/mol. The molecule has 1 nitrogen and oxygen atoms in total. The molecular formula is C12H9BrOS3. The van der Waals surface area contributed by atoms with E-state index in [1.54, 1.807) is 34.0 Å². The molecule has 0 radical (unpaired) electrons. The predicted molar refractivity (Wildman–Crippen MR) is 80.5 cm³/mol. The van der Waals surface area contributed by atoms with Crippen molar-refractivity contribution in [1.29, 1.82) is 0 Å². The third-order valence-electron chi connectivity index (χ3n) is 2.51. The van der Waals surface area contributed by atoms with E-state index in [1.165, 1.54) is 14.3 Å². The van der Waals surface area contributed by atoms with E-state index in [4.69, 9.17) is 0 Å². The van der Waals surface area contributed by atoms with Gasteiger partial charge in [0, 0.05) is 23.6 Å². The summed E-state index contributed by atoms with van der Waals surface area (Å²) < 4.78 is 3.52. The Morgan fingerprint density at radius 3 is 2.71 bits per heavy atom. The predicted octanol–water partition coefficient (Wildman–Crippen LogP) is 5.18. The molecule has 0 aliphatic rings. The van der Waals surface area contributed by atoms with Crippen molar-refractivity contribution in [3.05, 3.63) is 42.7 Å². The molecule has 17 heavy (non-hydrogen) atoms. The highest BCUT2D eigenvalue weighted by atomic mass is 79.9.